The molecule has 3 nitrogen and oxygen atoms in total. The summed E-state index contributed by atoms with van der Waals surface area (Å²) in [5.41, 5.74) is -2.58. The number of carboxylic acid groups (broad SMARTS) is 1. The first-order chi connectivity index (χ1) is 13.7. The predicted octanol–water partition coefficient (Wildman–Crippen LogP) is 4.36. The number of rotatable bonds is 4. The second-order valence-electron chi connectivity index (χ2n) is 3.10. The smallest absolute Gasteiger partial charge is 0.307 e. The zero-order valence-corrected chi connectivity index (χ0v) is 10.5. The predicted molar refractivity (Wildman–Crippen MR) is 77.5 cm³/mol. The Morgan fingerprint density at radius 2 is 2.00 bits per heavy atom. The molecule has 0 amide bonds. The summed E-state index contributed by atoms with van der Waals surface area (Å²) >= 11 is 12.0. The SMILES string of the molecule is [2H]OC(=O)C([2H])([2H])c1c([2H])c([2H])c([2H])c([2H])c1N([2H])c1c(Cl)c([2H])c([2H])c([2H])c1Cl. The number of hydrogen-bond acceptors (Lipinski definition) is 3. The molecule has 0 aliphatic carbocycles. The van der Waals surface area contributed by atoms with E-state index in [2.05, 4.69) is 5.11 Å². The Labute approximate surface area is 136 Å². The Kier molecular flexibility index (Phi) is 1.68. The standard InChI is InChI=1S/C14H11Cl2NO2/c15-10-5-3-6-11(16)14(10)17-12-7-2-1-4-9(12)8-13(18)19/h1-7,17H,8H2,(H,18,19)/i1D,2D,3D,4D,5D,6D,7D,8D2/hD2. The summed E-state index contributed by atoms with van der Waals surface area (Å²) in [6.45, 7) is 0. The van der Waals surface area contributed by atoms with Gasteiger partial charge in [0.2, 0.25) is 0 Å². The maximum absolute atomic E-state index is 11.8. The molecule has 0 saturated heterocycles. The van der Waals surface area contributed by atoms with E-state index in [0.29, 0.717) is 0 Å². The molecule has 2 aromatic rings. The van der Waals surface area contributed by atoms with E-state index < -0.39 is 81.6 Å². The lowest BCUT2D eigenvalue weighted by Gasteiger charge is -2.13. The molecule has 19 heavy (non-hydrogen) atoms. The molecule has 0 aromatic heterocycles. The van der Waals surface area contributed by atoms with E-state index in [0.717, 1.165) is 0 Å². The van der Waals surface area contributed by atoms with E-state index in [-0.39, 0.29) is 5.31 Å². The van der Waals surface area contributed by atoms with E-state index in [1.54, 1.807) is 0 Å². The van der Waals surface area contributed by atoms with Crippen molar-refractivity contribution in [3.8, 4) is 0 Å². The topological polar surface area (TPSA) is 49.3 Å². The van der Waals surface area contributed by atoms with Crippen LogP contribution < -0.4 is 5.31 Å². The van der Waals surface area contributed by atoms with Gasteiger partial charge in [-0.2, -0.15) is 0 Å². The Balaban J connectivity index is 3.01. The molecule has 5 heteroatoms. The van der Waals surface area contributed by atoms with Crippen LogP contribution in [0.5, 0.6) is 0 Å². The molecule has 2 rings (SSSR count). The summed E-state index contributed by atoms with van der Waals surface area (Å²) in [4.78, 5) is 11.8. The fraction of sp³-hybridized carbons (Fsp3) is 0.0714. The fourth-order valence-electron chi connectivity index (χ4n) is 1.15. The molecule has 0 bridgehead atoms. The van der Waals surface area contributed by atoms with E-state index >= 15 is 0 Å². The summed E-state index contributed by atoms with van der Waals surface area (Å²) in [7, 11) is 0. The van der Waals surface area contributed by atoms with E-state index in [4.69, 9.17) is 38.4 Å². The number of carboxylic acids is 1. The van der Waals surface area contributed by atoms with Gasteiger partial charge in [0, 0.05) is 8.43 Å². The molecule has 0 atom stereocenters. The van der Waals surface area contributed by atoms with Crippen molar-refractivity contribution < 1.29 is 23.7 Å². The van der Waals surface area contributed by atoms with Crippen molar-refractivity contribution in [1.82, 2.24) is 0 Å². The molecule has 0 spiro atoms. The maximum atomic E-state index is 11.8. The number of benzene rings is 2. The molecule has 0 saturated carbocycles. The van der Waals surface area contributed by atoms with E-state index in [1.165, 1.54) is 0 Å². The summed E-state index contributed by atoms with van der Waals surface area (Å²) < 4.78 is 85.8. The molecule has 0 aliphatic heterocycles. The highest BCUT2D eigenvalue weighted by Gasteiger charge is 2.10. The molecule has 0 unspecified atom stereocenters. The van der Waals surface area contributed by atoms with Gasteiger partial charge in [-0.25, -0.2) is 0 Å². The van der Waals surface area contributed by atoms with Crippen molar-refractivity contribution in [2.75, 3.05) is 5.31 Å². The van der Waals surface area contributed by atoms with Gasteiger partial charge in [0.15, 0.2) is 1.41 Å². The van der Waals surface area contributed by atoms with Crippen LogP contribution in [-0.4, -0.2) is 11.1 Å². The van der Waals surface area contributed by atoms with Gasteiger partial charge in [-0.15, -0.1) is 0 Å². The number of halogens is 2. The zero-order valence-electron chi connectivity index (χ0n) is 20.0. The summed E-state index contributed by atoms with van der Waals surface area (Å²) in [5.74, 6) is -1.82. The average Bonchev–Trinajstić information content (AvgIpc) is 2.70. The fourth-order valence-corrected chi connectivity index (χ4v) is 1.56. The Hall–Kier alpha value is -1.71. The minimum Gasteiger partial charge on any atom is -0.481 e. The van der Waals surface area contributed by atoms with Crippen molar-refractivity contribution in [3.63, 3.8) is 0 Å². The number of anilines is 2. The minimum atomic E-state index is -3.30. The average molecular weight is 307 g/mol. The molecular weight excluding hydrogens is 285 g/mol. The largest absolute Gasteiger partial charge is 0.481 e. The summed E-state index contributed by atoms with van der Waals surface area (Å²) in [6.07, 6.45) is -3.30. The molecular formula is C14H11Cl2NO2. The highest BCUT2D eigenvalue weighted by molar-refractivity contribution is 6.39. The van der Waals surface area contributed by atoms with Gasteiger partial charge in [0.1, 0.15) is 0 Å². The lowest BCUT2D eigenvalue weighted by atomic mass is 10.1. The second-order valence-corrected chi connectivity index (χ2v) is 3.86. The van der Waals surface area contributed by atoms with Gasteiger partial charge in [-0.3, -0.25) is 4.79 Å². The maximum Gasteiger partial charge on any atom is 0.307 e. The third kappa shape index (κ3) is 3.40. The van der Waals surface area contributed by atoms with Crippen LogP contribution >= 0.6 is 23.2 Å². The Bertz CT molecular complexity index is 1030. The van der Waals surface area contributed by atoms with Crippen LogP contribution in [-0.2, 0) is 11.2 Å². The number of carbonyl (C=O) groups is 1. The Morgan fingerprint density at radius 1 is 1.32 bits per heavy atom. The van der Waals surface area contributed by atoms with Gasteiger partial charge < -0.3 is 10.4 Å². The summed E-state index contributed by atoms with van der Waals surface area (Å²) in [5, 5.41) is 2.57. The third-order valence-corrected chi connectivity index (χ3v) is 2.43. The van der Waals surface area contributed by atoms with Crippen molar-refractivity contribution in [3.05, 3.63) is 57.9 Å². The molecule has 0 aliphatic rings. The zero-order chi connectivity index (χ0) is 23.3. The normalized spacial score (nSPS) is 18.9. The number of nitrogens with one attached hydrogen (secondary N) is 1. The first-order valence-electron chi connectivity index (χ1n) is 10.1. The van der Waals surface area contributed by atoms with Crippen molar-refractivity contribution in [1.29, 1.82) is 1.43 Å². The monoisotopic (exact) mass is 306 g/mol. The Morgan fingerprint density at radius 3 is 2.68 bits per heavy atom. The van der Waals surface area contributed by atoms with Gasteiger partial charge in [0.05, 0.1) is 31.7 Å². The van der Waals surface area contributed by atoms with E-state index in [1.807, 2.05) is 0 Å². The minimum absolute atomic E-state index is 0.155. The molecule has 0 fully saturated rings. The van der Waals surface area contributed by atoms with Crippen LogP contribution in [0.3, 0.4) is 0 Å². The van der Waals surface area contributed by atoms with Crippen LogP contribution in [0.25, 0.3) is 1.43 Å². The van der Waals surface area contributed by atoms with Gasteiger partial charge >= 0.3 is 5.97 Å². The third-order valence-electron chi connectivity index (χ3n) is 1.88. The quantitative estimate of drug-likeness (QED) is 0.882. The van der Waals surface area contributed by atoms with Crippen molar-refractivity contribution in [2.24, 2.45) is 0 Å². The molecule has 2 N–H and O–H groups in total. The lowest BCUT2D eigenvalue weighted by molar-refractivity contribution is -0.136. The molecule has 2 aromatic carbocycles. The highest BCUT2D eigenvalue weighted by atomic mass is 35.5. The van der Waals surface area contributed by atoms with Crippen LogP contribution in [0, 0.1) is 0 Å². The van der Waals surface area contributed by atoms with E-state index in [9.17, 15) is 4.79 Å². The second kappa shape index (κ2) is 5.95. The van der Waals surface area contributed by atoms with Crippen molar-refractivity contribution in [2.45, 2.75) is 6.37 Å². The first-order valence-corrected chi connectivity index (χ1v) is 5.49. The van der Waals surface area contributed by atoms with Crippen LogP contribution in [0.15, 0.2) is 42.3 Å². The molecule has 0 radical (unpaired) electrons. The van der Waals surface area contributed by atoms with Crippen LogP contribution in [0.2, 0.25) is 11.5 Å². The van der Waals surface area contributed by atoms with Gasteiger partial charge in [-0.05, 0) is 23.7 Å². The van der Waals surface area contributed by atoms with Gasteiger partial charge in [0.25, 0.3) is 1.43 Å². The van der Waals surface area contributed by atoms with Crippen molar-refractivity contribution >= 4 is 40.5 Å². The van der Waals surface area contributed by atoms with Crippen LogP contribution in [0.1, 0.15) is 17.9 Å². The lowest BCUT2D eigenvalue weighted by Crippen LogP contribution is -2.04. The first kappa shape index (κ1) is 5.35. The number of aliphatic carboxylic acids is 1. The van der Waals surface area contributed by atoms with Crippen LogP contribution in [0.4, 0.5) is 11.4 Å². The van der Waals surface area contributed by atoms with Gasteiger partial charge in [-0.1, -0.05) is 47.4 Å². The number of hydrogen-bond donors (Lipinski definition) is 2. The summed E-state index contributed by atoms with van der Waals surface area (Å²) in [6, 6.07) is -5.85. The molecule has 0 heterocycles. The molecule has 98 valence electrons. The highest BCUT2D eigenvalue weighted by Crippen LogP contribution is 2.33. The number of para-hydroxylation sites is 2.